The van der Waals surface area contributed by atoms with E-state index in [1.165, 1.54) is 88.4 Å². The number of carbonyl (C=O) groups is 6. The Kier molecular flexibility index (Phi) is 13.6. The van der Waals surface area contributed by atoms with E-state index in [0.717, 1.165) is 29.7 Å². The molecule has 3 heterocycles. The minimum Gasteiger partial charge on any atom is -0.296 e. The maximum atomic E-state index is 13.7. The van der Waals surface area contributed by atoms with Crippen LogP contribution >= 0.6 is 0 Å². The number of hydrogen-bond acceptors (Lipinski definition) is 6. The van der Waals surface area contributed by atoms with Crippen LogP contribution < -0.4 is 15.1 Å². The summed E-state index contributed by atoms with van der Waals surface area (Å²) < 4.78 is 0. The van der Waals surface area contributed by atoms with Gasteiger partial charge in [-0.1, -0.05) is 127 Å². The van der Waals surface area contributed by atoms with E-state index in [0.29, 0.717) is 24.2 Å². The second kappa shape index (κ2) is 18.0. The van der Waals surface area contributed by atoms with Crippen LogP contribution in [0, 0.1) is 29.6 Å². The van der Waals surface area contributed by atoms with Gasteiger partial charge in [-0.2, -0.15) is 0 Å². The third-order valence-corrected chi connectivity index (χ3v) is 11.4. The first kappa shape index (κ1) is 37.6. The first-order valence-corrected chi connectivity index (χ1v) is 19.6. The lowest BCUT2D eigenvalue weighted by Crippen LogP contribution is -2.33. The van der Waals surface area contributed by atoms with E-state index in [1.54, 1.807) is 31.2 Å². The number of nitrogens with one attached hydrogen (secondary N) is 1. The van der Waals surface area contributed by atoms with Gasteiger partial charge in [0, 0.05) is 18.8 Å². The Morgan fingerprint density at radius 3 is 1.78 bits per heavy atom. The lowest BCUT2D eigenvalue weighted by atomic mass is 9.71. The molecule has 6 amide bonds. The van der Waals surface area contributed by atoms with E-state index in [4.69, 9.17) is 0 Å². The van der Waals surface area contributed by atoms with Crippen molar-refractivity contribution in [1.29, 1.82) is 0 Å². The Hall–Kier alpha value is -3.62. The molecule has 0 radical (unpaired) electrons. The van der Waals surface area contributed by atoms with Crippen LogP contribution in [0.3, 0.4) is 0 Å². The van der Waals surface area contributed by atoms with Gasteiger partial charge in [-0.3, -0.25) is 39.0 Å². The molecule has 9 heteroatoms. The largest absolute Gasteiger partial charge is 0.296 e. The third kappa shape index (κ3) is 8.99. The van der Waals surface area contributed by atoms with Gasteiger partial charge in [-0.05, 0) is 43.9 Å². The third-order valence-electron chi connectivity index (χ3n) is 11.4. The maximum absolute atomic E-state index is 13.7. The number of benzene rings is 1. The molecule has 4 aliphatic rings. The Morgan fingerprint density at radius 1 is 0.660 bits per heavy atom. The van der Waals surface area contributed by atoms with Crippen LogP contribution in [0.2, 0.25) is 0 Å². The van der Waals surface area contributed by atoms with Crippen molar-refractivity contribution in [3.63, 3.8) is 0 Å². The van der Waals surface area contributed by atoms with Crippen LogP contribution in [-0.4, -0.2) is 35.4 Å². The highest BCUT2D eigenvalue weighted by molar-refractivity contribution is 6.24. The van der Waals surface area contributed by atoms with Gasteiger partial charge >= 0.3 is 0 Å². The van der Waals surface area contributed by atoms with Gasteiger partial charge in [0.15, 0.2) is 0 Å². The maximum Gasteiger partial charge on any atom is 0.241 e. The van der Waals surface area contributed by atoms with Crippen LogP contribution in [-0.2, 0) is 28.8 Å². The van der Waals surface area contributed by atoms with Crippen LogP contribution in [0.4, 0.5) is 11.4 Å². The fraction of sp³-hybridized carbons (Fsp3) is 0.659. The van der Waals surface area contributed by atoms with Crippen molar-refractivity contribution >= 4 is 46.8 Å². The topological polar surface area (TPSA) is 121 Å². The molecule has 1 aromatic carbocycles. The van der Waals surface area contributed by atoms with Gasteiger partial charge in [0.1, 0.15) is 0 Å². The standard InChI is InChI=1S/C41H57N3O6/c1-3-4-5-6-7-8-9-10-11-12-13-14-15-16-17-18-20-29-25-36(46)43(39(29)48)31-21-19-22-32(26-31)44-40(49)34-24-30(23-28(2)37(34)41(44)50)33-27-35(45)42-38(33)47/h19,21-23,26,29-30,33-34,37H,3-18,20,24-25,27H2,1-2H3,(H,42,45,47). The van der Waals surface area contributed by atoms with E-state index in [1.807, 2.05) is 6.08 Å². The number of allylic oxidation sites excluding steroid dienone is 1. The monoisotopic (exact) mass is 687 g/mol. The number of carbonyl (C=O) groups excluding carboxylic acids is 6. The summed E-state index contributed by atoms with van der Waals surface area (Å²) in [7, 11) is 0. The van der Waals surface area contributed by atoms with Crippen molar-refractivity contribution in [2.75, 3.05) is 9.80 Å². The molecule has 1 aromatic rings. The van der Waals surface area contributed by atoms with Crippen molar-refractivity contribution in [2.24, 2.45) is 29.6 Å². The molecule has 1 aliphatic carbocycles. The number of anilines is 2. The molecule has 3 aliphatic heterocycles. The predicted octanol–water partition coefficient (Wildman–Crippen LogP) is 7.95. The molecule has 0 saturated carbocycles. The van der Waals surface area contributed by atoms with Crippen LogP contribution in [0.1, 0.15) is 142 Å². The smallest absolute Gasteiger partial charge is 0.241 e. The molecular formula is C41H57N3O6. The molecule has 272 valence electrons. The highest BCUT2D eigenvalue weighted by Gasteiger charge is 2.53. The quantitative estimate of drug-likeness (QED) is 0.0844. The lowest BCUT2D eigenvalue weighted by molar-refractivity contribution is -0.127. The van der Waals surface area contributed by atoms with Crippen molar-refractivity contribution in [1.82, 2.24) is 5.32 Å². The SMILES string of the molecule is CCCCCCCCCCCCCCCCCCC1CC(=O)N(c2cccc(N3C(=O)C4CC(C5CC(=O)NC5=O)C=C(C)C4C3=O)c2)C1=O. The van der Waals surface area contributed by atoms with Gasteiger partial charge in [-0.15, -0.1) is 0 Å². The lowest BCUT2D eigenvalue weighted by Gasteiger charge is -2.29. The Morgan fingerprint density at radius 2 is 1.22 bits per heavy atom. The number of unbranched alkanes of at least 4 members (excludes halogenated alkanes) is 15. The van der Waals surface area contributed by atoms with Crippen LogP contribution in [0.5, 0.6) is 0 Å². The zero-order valence-corrected chi connectivity index (χ0v) is 30.3. The Balaban J connectivity index is 1.04. The summed E-state index contributed by atoms with van der Waals surface area (Å²) in [4.78, 5) is 80.4. The summed E-state index contributed by atoms with van der Waals surface area (Å²) in [5, 5.41) is 2.34. The molecule has 0 bridgehead atoms. The summed E-state index contributed by atoms with van der Waals surface area (Å²) >= 11 is 0. The zero-order valence-electron chi connectivity index (χ0n) is 30.3. The van der Waals surface area contributed by atoms with Gasteiger partial charge in [0.2, 0.25) is 35.4 Å². The average Bonchev–Trinajstić information content (AvgIpc) is 3.68. The minimum absolute atomic E-state index is 0.0803. The molecule has 9 nitrogen and oxygen atoms in total. The number of imide groups is 3. The molecular weight excluding hydrogens is 630 g/mol. The number of hydrogen-bond donors (Lipinski definition) is 1. The van der Waals surface area contributed by atoms with Gasteiger partial charge < -0.3 is 0 Å². The minimum atomic E-state index is -0.637. The molecule has 50 heavy (non-hydrogen) atoms. The number of fused-ring (bicyclic) bond motifs is 1. The summed E-state index contributed by atoms with van der Waals surface area (Å²) in [6.45, 7) is 4.06. The second-order valence-corrected chi connectivity index (χ2v) is 15.2. The molecule has 5 unspecified atom stereocenters. The number of nitrogens with zero attached hydrogens (tertiary/aromatic N) is 2. The van der Waals surface area contributed by atoms with Crippen molar-refractivity contribution < 1.29 is 28.8 Å². The van der Waals surface area contributed by atoms with Crippen molar-refractivity contribution in [3.05, 3.63) is 35.9 Å². The zero-order chi connectivity index (χ0) is 35.6. The van der Waals surface area contributed by atoms with E-state index >= 15 is 0 Å². The average molecular weight is 688 g/mol. The predicted molar refractivity (Wildman–Crippen MR) is 194 cm³/mol. The summed E-state index contributed by atoms with van der Waals surface area (Å²) in [6.07, 6.45) is 23.7. The normalized spacial score (nSPS) is 25.2. The molecule has 3 saturated heterocycles. The summed E-state index contributed by atoms with van der Waals surface area (Å²) in [5.41, 5.74) is 1.41. The van der Waals surface area contributed by atoms with Crippen molar-refractivity contribution in [3.8, 4) is 0 Å². The van der Waals surface area contributed by atoms with Crippen LogP contribution in [0.15, 0.2) is 35.9 Å². The Bertz CT molecular complexity index is 1450. The van der Waals surface area contributed by atoms with Gasteiger partial charge in [0.25, 0.3) is 0 Å². The second-order valence-electron chi connectivity index (χ2n) is 15.2. The van der Waals surface area contributed by atoms with E-state index in [-0.39, 0.29) is 60.1 Å². The fourth-order valence-corrected chi connectivity index (χ4v) is 8.64. The van der Waals surface area contributed by atoms with E-state index in [9.17, 15) is 28.8 Å². The fourth-order valence-electron chi connectivity index (χ4n) is 8.64. The first-order valence-electron chi connectivity index (χ1n) is 19.6. The molecule has 0 spiro atoms. The summed E-state index contributed by atoms with van der Waals surface area (Å²) in [5.74, 6) is -4.31. The highest BCUT2D eigenvalue weighted by Crippen LogP contribution is 2.45. The first-order chi connectivity index (χ1) is 24.2. The van der Waals surface area contributed by atoms with Gasteiger partial charge in [0.05, 0.1) is 29.1 Å². The number of rotatable bonds is 20. The van der Waals surface area contributed by atoms with Gasteiger partial charge in [-0.25, -0.2) is 4.90 Å². The van der Waals surface area contributed by atoms with Crippen LogP contribution in [0.25, 0.3) is 0 Å². The molecule has 5 rings (SSSR count). The molecule has 3 fully saturated rings. The summed E-state index contributed by atoms with van der Waals surface area (Å²) in [6, 6.07) is 6.57. The Labute approximate surface area is 298 Å². The number of amides is 6. The molecule has 5 atom stereocenters. The van der Waals surface area contributed by atoms with Crippen molar-refractivity contribution in [2.45, 2.75) is 142 Å². The molecule has 1 N–H and O–H groups in total. The van der Waals surface area contributed by atoms with E-state index < -0.39 is 17.8 Å². The van der Waals surface area contributed by atoms with E-state index in [2.05, 4.69) is 12.2 Å². The molecule has 0 aromatic heterocycles. The highest BCUT2D eigenvalue weighted by atomic mass is 16.2.